The SMILES string of the molecule is Cc1ccc(S(=O)(=O)NCC(=O)N(CC(=O)NCc2ccc(F)cc2)Cc2ccco2)cc1. The minimum absolute atomic E-state index is 0.0118. The monoisotopic (exact) mass is 473 g/mol. The van der Waals surface area contributed by atoms with Gasteiger partial charge in [-0.25, -0.2) is 17.5 Å². The maximum Gasteiger partial charge on any atom is 0.241 e. The van der Waals surface area contributed by atoms with Gasteiger partial charge in [0.1, 0.15) is 18.1 Å². The molecule has 1 heterocycles. The lowest BCUT2D eigenvalue weighted by atomic mass is 10.2. The quantitative estimate of drug-likeness (QED) is 0.470. The maximum atomic E-state index is 13.0. The Morgan fingerprint density at radius 3 is 2.36 bits per heavy atom. The standard InChI is InChI=1S/C23H24FN3O5S/c1-17-4-10-21(11-5-17)33(30,31)26-14-23(29)27(15-20-3-2-12-32-20)16-22(28)25-13-18-6-8-19(24)9-7-18/h2-12,26H,13-16H2,1H3,(H,25,28). The molecule has 33 heavy (non-hydrogen) atoms. The molecule has 0 atom stereocenters. The third-order valence-corrected chi connectivity index (χ3v) is 6.18. The highest BCUT2D eigenvalue weighted by atomic mass is 32.2. The summed E-state index contributed by atoms with van der Waals surface area (Å²) in [6.07, 6.45) is 1.44. The minimum atomic E-state index is -3.90. The Morgan fingerprint density at radius 1 is 1.03 bits per heavy atom. The molecule has 0 unspecified atom stereocenters. The van der Waals surface area contributed by atoms with Crippen LogP contribution in [0.1, 0.15) is 16.9 Å². The van der Waals surface area contributed by atoms with E-state index in [9.17, 15) is 22.4 Å². The Labute approximate surface area is 191 Å². The predicted octanol–water partition coefficient (Wildman–Crippen LogP) is 2.35. The molecule has 3 aromatic rings. The fourth-order valence-corrected chi connectivity index (χ4v) is 3.90. The van der Waals surface area contributed by atoms with E-state index in [1.807, 2.05) is 6.92 Å². The van der Waals surface area contributed by atoms with E-state index in [0.717, 1.165) is 5.56 Å². The molecule has 0 spiro atoms. The van der Waals surface area contributed by atoms with Crippen molar-refractivity contribution in [1.29, 1.82) is 0 Å². The van der Waals surface area contributed by atoms with Crippen molar-refractivity contribution >= 4 is 21.8 Å². The normalized spacial score (nSPS) is 11.2. The number of carbonyl (C=O) groups is 2. The van der Waals surface area contributed by atoms with Crippen LogP contribution in [0.25, 0.3) is 0 Å². The number of sulfonamides is 1. The van der Waals surface area contributed by atoms with E-state index in [2.05, 4.69) is 10.0 Å². The lowest BCUT2D eigenvalue weighted by Gasteiger charge is -2.21. The summed E-state index contributed by atoms with van der Waals surface area (Å²) >= 11 is 0. The highest BCUT2D eigenvalue weighted by molar-refractivity contribution is 7.89. The van der Waals surface area contributed by atoms with Crippen LogP contribution < -0.4 is 10.0 Å². The molecule has 8 nitrogen and oxygen atoms in total. The Hall–Kier alpha value is -3.50. The van der Waals surface area contributed by atoms with Gasteiger partial charge in [-0.15, -0.1) is 0 Å². The molecule has 10 heteroatoms. The summed E-state index contributed by atoms with van der Waals surface area (Å²) in [5, 5.41) is 2.66. The summed E-state index contributed by atoms with van der Waals surface area (Å²) < 4.78 is 45.5. The van der Waals surface area contributed by atoms with Gasteiger partial charge in [0.2, 0.25) is 21.8 Å². The van der Waals surface area contributed by atoms with Crippen LogP contribution in [0.2, 0.25) is 0 Å². The van der Waals surface area contributed by atoms with Crippen molar-refractivity contribution < 1.29 is 26.8 Å². The van der Waals surface area contributed by atoms with Gasteiger partial charge in [0.15, 0.2) is 0 Å². The number of amides is 2. The Bertz CT molecular complexity index is 1180. The number of benzene rings is 2. The highest BCUT2D eigenvalue weighted by Gasteiger charge is 2.22. The van der Waals surface area contributed by atoms with E-state index in [0.29, 0.717) is 11.3 Å². The number of rotatable bonds is 10. The Morgan fingerprint density at radius 2 is 1.73 bits per heavy atom. The van der Waals surface area contributed by atoms with Crippen molar-refractivity contribution in [3.8, 4) is 0 Å². The van der Waals surface area contributed by atoms with E-state index in [1.165, 1.54) is 35.4 Å². The zero-order valence-electron chi connectivity index (χ0n) is 18.0. The first kappa shape index (κ1) is 24.1. The molecule has 3 rings (SSSR count). The van der Waals surface area contributed by atoms with Crippen LogP contribution in [-0.2, 0) is 32.7 Å². The third-order valence-electron chi connectivity index (χ3n) is 4.76. The van der Waals surface area contributed by atoms with Crippen LogP contribution in [-0.4, -0.2) is 38.2 Å². The van der Waals surface area contributed by atoms with Crippen LogP contribution in [0.4, 0.5) is 4.39 Å². The minimum Gasteiger partial charge on any atom is -0.467 e. The molecule has 0 bridgehead atoms. The summed E-state index contributed by atoms with van der Waals surface area (Å²) in [5.74, 6) is -0.996. The molecule has 0 aliphatic rings. The van der Waals surface area contributed by atoms with Crippen molar-refractivity contribution in [2.24, 2.45) is 0 Å². The van der Waals surface area contributed by atoms with Crippen molar-refractivity contribution in [2.45, 2.75) is 24.9 Å². The number of halogens is 1. The van der Waals surface area contributed by atoms with Crippen LogP contribution in [0.5, 0.6) is 0 Å². The number of nitrogens with zero attached hydrogens (tertiary/aromatic N) is 1. The van der Waals surface area contributed by atoms with Gasteiger partial charge in [-0.3, -0.25) is 9.59 Å². The van der Waals surface area contributed by atoms with Gasteiger partial charge < -0.3 is 14.6 Å². The third kappa shape index (κ3) is 7.26. The topological polar surface area (TPSA) is 109 Å². The van der Waals surface area contributed by atoms with Crippen LogP contribution in [0.3, 0.4) is 0 Å². The molecule has 2 aromatic carbocycles. The number of furan rings is 1. The summed E-state index contributed by atoms with van der Waals surface area (Å²) in [5.41, 5.74) is 1.60. The summed E-state index contributed by atoms with van der Waals surface area (Å²) in [4.78, 5) is 26.4. The molecule has 2 N–H and O–H groups in total. The molecule has 1 aromatic heterocycles. The molecule has 0 aliphatic heterocycles. The predicted molar refractivity (Wildman–Crippen MR) is 119 cm³/mol. The van der Waals surface area contributed by atoms with Crippen LogP contribution in [0.15, 0.2) is 76.2 Å². The summed E-state index contributed by atoms with van der Waals surface area (Å²) in [7, 11) is -3.90. The molecule has 0 saturated heterocycles. The van der Waals surface area contributed by atoms with Gasteiger partial charge >= 0.3 is 0 Å². The molecule has 0 radical (unpaired) electrons. The number of nitrogens with one attached hydrogen (secondary N) is 2. The maximum absolute atomic E-state index is 13.0. The first-order chi connectivity index (χ1) is 15.7. The van der Waals surface area contributed by atoms with E-state index in [-0.39, 0.29) is 30.3 Å². The zero-order valence-corrected chi connectivity index (χ0v) is 18.8. The molecular weight excluding hydrogens is 449 g/mol. The van der Waals surface area contributed by atoms with Gasteiger partial charge in [0.05, 0.1) is 24.2 Å². The fraction of sp³-hybridized carbons (Fsp3) is 0.217. The van der Waals surface area contributed by atoms with E-state index in [1.54, 1.807) is 36.4 Å². The van der Waals surface area contributed by atoms with Crippen LogP contribution >= 0.6 is 0 Å². The Balaban J connectivity index is 1.62. The van der Waals surface area contributed by atoms with Gasteiger partial charge in [0, 0.05) is 6.54 Å². The van der Waals surface area contributed by atoms with Gasteiger partial charge in [0.25, 0.3) is 0 Å². The number of carbonyl (C=O) groups excluding carboxylic acids is 2. The lowest BCUT2D eigenvalue weighted by Crippen LogP contribution is -2.44. The largest absolute Gasteiger partial charge is 0.467 e. The van der Waals surface area contributed by atoms with Gasteiger partial charge in [-0.1, -0.05) is 29.8 Å². The molecule has 0 saturated carbocycles. The van der Waals surface area contributed by atoms with Crippen molar-refractivity contribution in [1.82, 2.24) is 14.9 Å². The first-order valence-electron chi connectivity index (χ1n) is 10.1. The smallest absolute Gasteiger partial charge is 0.241 e. The second kappa shape index (κ2) is 10.9. The summed E-state index contributed by atoms with van der Waals surface area (Å²) in [6, 6.07) is 15.2. The molecule has 0 fully saturated rings. The zero-order chi connectivity index (χ0) is 23.8. The average Bonchev–Trinajstić information content (AvgIpc) is 3.30. The van der Waals surface area contributed by atoms with Crippen molar-refractivity contribution in [3.63, 3.8) is 0 Å². The first-order valence-corrected chi connectivity index (χ1v) is 11.6. The summed E-state index contributed by atoms with van der Waals surface area (Å²) in [6.45, 7) is 1.14. The van der Waals surface area contributed by atoms with E-state index in [4.69, 9.17) is 4.42 Å². The highest BCUT2D eigenvalue weighted by Crippen LogP contribution is 2.11. The van der Waals surface area contributed by atoms with Gasteiger partial charge in [-0.05, 0) is 48.9 Å². The second-order valence-electron chi connectivity index (χ2n) is 7.37. The van der Waals surface area contributed by atoms with Gasteiger partial charge in [-0.2, -0.15) is 0 Å². The molecular formula is C23H24FN3O5S. The lowest BCUT2D eigenvalue weighted by molar-refractivity contribution is -0.136. The van der Waals surface area contributed by atoms with Crippen LogP contribution in [0, 0.1) is 12.7 Å². The van der Waals surface area contributed by atoms with E-state index >= 15 is 0 Å². The molecule has 0 aliphatic carbocycles. The second-order valence-corrected chi connectivity index (χ2v) is 9.14. The Kier molecular flexibility index (Phi) is 7.96. The number of hydrogen-bond acceptors (Lipinski definition) is 5. The van der Waals surface area contributed by atoms with Crippen molar-refractivity contribution in [3.05, 3.63) is 89.6 Å². The molecule has 174 valence electrons. The van der Waals surface area contributed by atoms with E-state index < -0.39 is 28.4 Å². The number of hydrogen-bond donors (Lipinski definition) is 2. The average molecular weight is 474 g/mol. The van der Waals surface area contributed by atoms with Crippen molar-refractivity contribution in [2.75, 3.05) is 13.1 Å². The fourth-order valence-electron chi connectivity index (χ4n) is 2.92. The number of aryl methyl sites for hydroxylation is 1. The molecule has 2 amide bonds.